The van der Waals surface area contributed by atoms with Crippen molar-refractivity contribution < 1.29 is 32.2 Å². The fourth-order valence-electron chi connectivity index (χ4n) is 2.21. The molecule has 0 bridgehead atoms. The lowest BCUT2D eigenvalue weighted by molar-refractivity contribution is -0.137. The average Bonchev–Trinajstić information content (AvgIpc) is 2.69. The SMILES string of the molecule is CCCOc1ccc(C(=O)NNC(=O)c2ccc(C(F)(F)F)cc2)cc1OC. The number of rotatable bonds is 6. The summed E-state index contributed by atoms with van der Waals surface area (Å²) in [6, 6.07) is 8.13. The summed E-state index contributed by atoms with van der Waals surface area (Å²) >= 11 is 0. The van der Waals surface area contributed by atoms with Gasteiger partial charge in [-0.2, -0.15) is 13.2 Å². The van der Waals surface area contributed by atoms with Crippen molar-refractivity contribution in [3.63, 3.8) is 0 Å². The van der Waals surface area contributed by atoms with E-state index in [2.05, 4.69) is 10.9 Å². The van der Waals surface area contributed by atoms with E-state index < -0.39 is 23.6 Å². The number of carbonyl (C=O) groups is 2. The lowest BCUT2D eigenvalue weighted by atomic mass is 10.1. The minimum Gasteiger partial charge on any atom is -0.493 e. The van der Waals surface area contributed by atoms with Crippen LogP contribution in [0.4, 0.5) is 13.2 Å². The number of halogens is 3. The van der Waals surface area contributed by atoms with Gasteiger partial charge in [-0.05, 0) is 48.9 Å². The van der Waals surface area contributed by atoms with Crippen LogP contribution in [0.2, 0.25) is 0 Å². The molecule has 9 heteroatoms. The first-order valence-corrected chi connectivity index (χ1v) is 8.35. The molecule has 0 atom stereocenters. The van der Waals surface area contributed by atoms with E-state index >= 15 is 0 Å². The Morgan fingerprint density at radius 1 is 0.929 bits per heavy atom. The van der Waals surface area contributed by atoms with Crippen LogP contribution in [0.15, 0.2) is 42.5 Å². The van der Waals surface area contributed by atoms with Gasteiger partial charge in [0.05, 0.1) is 19.3 Å². The molecule has 0 spiro atoms. The second-order valence-electron chi connectivity index (χ2n) is 5.70. The summed E-state index contributed by atoms with van der Waals surface area (Å²) in [4.78, 5) is 24.2. The van der Waals surface area contributed by atoms with E-state index in [1.807, 2.05) is 6.92 Å². The van der Waals surface area contributed by atoms with Crippen molar-refractivity contribution in [2.75, 3.05) is 13.7 Å². The van der Waals surface area contributed by atoms with Gasteiger partial charge in [0.25, 0.3) is 11.8 Å². The van der Waals surface area contributed by atoms with Gasteiger partial charge in [0.2, 0.25) is 0 Å². The van der Waals surface area contributed by atoms with Gasteiger partial charge >= 0.3 is 6.18 Å². The summed E-state index contributed by atoms with van der Waals surface area (Å²) in [7, 11) is 1.43. The van der Waals surface area contributed by atoms with Crippen LogP contribution in [0, 0.1) is 0 Å². The van der Waals surface area contributed by atoms with Crippen LogP contribution < -0.4 is 20.3 Å². The summed E-state index contributed by atoms with van der Waals surface area (Å²) in [5.74, 6) is -0.539. The maximum Gasteiger partial charge on any atom is 0.416 e. The molecule has 2 N–H and O–H groups in total. The maximum absolute atomic E-state index is 12.5. The van der Waals surface area contributed by atoms with Crippen molar-refractivity contribution in [3.8, 4) is 11.5 Å². The van der Waals surface area contributed by atoms with Crippen LogP contribution >= 0.6 is 0 Å². The molecule has 2 aromatic carbocycles. The monoisotopic (exact) mass is 396 g/mol. The lowest BCUT2D eigenvalue weighted by Crippen LogP contribution is -2.41. The normalized spacial score (nSPS) is 10.9. The van der Waals surface area contributed by atoms with E-state index in [9.17, 15) is 22.8 Å². The fraction of sp³-hybridized carbons (Fsp3) is 0.263. The number of alkyl halides is 3. The molecule has 0 unspecified atom stereocenters. The predicted molar refractivity (Wildman–Crippen MR) is 95.2 cm³/mol. The Kier molecular flexibility index (Phi) is 6.86. The molecule has 2 amide bonds. The van der Waals surface area contributed by atoms with E-state index in [1.165, 1.54) is 19.2 Å². The van der Waals surface area contributed by atoms with E-state index in [0.717, 1.165) is 30.7 Å². The van der Waals surface area contributed by atoms with Crippen molar-refractivity contribution in [1.29, 1.82) is 0 Å². The largest absolute Gasteiger partial charge is 0.493 e. The number of ether oxygens (including phenoxy) is 2. The van der Waals surface area contributed by atoms with Crippen LogP contribution in [0.5, 0.6) is 11.5 Å². The third-order valence-electron chi connectivity index (χ3n) is 3.65. The van der Waals surface area contributed by atoms with Crippen molar-refractivity contribution in [2.45, 2.75) is 19.5 Å². The molecule has 0 aliphatic heterocycles. The van der Waals surface area contributed by atoms with Crippen molar-refractivity contribution in [1.82, 2.24) is 10.9 Å². The molecular weight excluding hydrogens is 377 g/mol. The molecule has 150 valence electrons. The molecular formula is C19H19F3N2O4. The van der Waals surface area contributed by atoms with Crippen molar-refractivity contribution in [2.24, 2.45) is 0 Å². The summed E-state index contributed by atoms with van der Waals surface area (Å²) in [5, 5.41) is 0. The summed E-state index contributed by atoms with van der Waals surface area (Å²) < 4.78 is 48.3. The Hall–Kier alpha value is -3.23. The molecule has 0 heterocycles. The Bertz CT molecular complexity index is 836. The van der Waals surface area contributed by atoms with Gasteiger partial charge in [0.1, 0.15) is 0 Å². The number of amides is 2. The van der Waals surface area contributed by atoms with Gasteiger partial charge < -0.3 is 9.47 Å². The number of nitrogens with one attached hydrogen (secondary N) is 2. The zero-order valence-corrected chi connectivity index (χ0v) is 15.2. The van der Waals surface area contributed by atoms with Gasteiger partial charge in [-0.25, -0.2) is 0 Å². The molecule has 2 rings (SSSR count). The van der Waals surface area contributed by atoms with Crippen LogP contribution in [0.3, 0.4) is 0 Å². The van der Waals surface area contributed by atoms with E-state index in [1.54, 1.807) is 6.07 Å². The Morgan fingerprint density at radius 2 is 1.50 bits per heavy atom. The Labute approximate surface area is 159 Å². The topological polar surface area (TPSA) is 76.7 Å². The van der Waals surface area contributed by atoms with Crippen LogP contribution in [-0.2, 0) is 6.18 Å². The molecule has 0 aromatic heterocycles. The highest BCUT2D eigenvalue weighted by Crippen LogP contribution is 2.29. The molecule has 0 saturated heterocycles. The molecule has 0 saturated carbocycles. The van der Waals surface area contributed by atoms with Gasteiger partial charge in [-0.15, -0.1) is 0 Å². The van der Waals surface area contributed by atoms with Gasteiger partial charge in [0.15, 0.2) is 11.5 Å². The first kappa shape index (κ1) is 21.1. The second kappa shape index (κ2) is 9.12. The van der Waals surface area contributed by atoms with Crippen LogP contribution in [0.25, 0.3) is 0 Å². The third kappa shape index (κ3) is 5.38. The molecule has 0 fully saturated rings. The Balaban J connectivity index is 2.00. The maximum atomic E-state index is 12.5. The highest BCUT2D eigenvalue weighted by Gasteiger charge is 2.30. The molecule has 6 nitrogen and oxygen atoms in total. The molecule has 0 radical (unpaired) electrons. The number of hydrogen-bond acceptors (Lipinski definition) is 4. The molecule has 0 aliphatic carbocycles. The number of carbonyl (C=O) groups excluding carboxylic acids is 2. The van der Waals surface area contributed by atoms with E-state index in [0.29, 0.717) is 18.1 Å². The summed E-state index contributed by atoms with van der Waals surface area (Å²) in [5.41, 5.74) is 3.65. The minimum absolute atomic E-state index is 0.0332. The highest BCUT2D eigenvalue weighted by molar-refractivity contribution is 5.99. The quantitative estimate of drug-likeness (QED) is 0.732. The molecule has 0 aliphatic rings. The summed E-state index contributed by atoms with van der Waals surface area (Å²) in [6.45, 7) is 2.44. The first-order chi connectivity index (χ1) is 13.3. The van der Waals surface area contributed by atoms with Gasteiger partial charge in [-0.1, -0.05) is 6.92 Å². The van der Waals surface area contributed by atoms with Crippen molar-refractivity contribution in [3.05, 3.63) is 59.2 Å². The van der Waals surface area contributed by atoms with Gasteiger partial charge in [-0.3, -0.25) is 20.4 Å². The van der Waals surface area contributed by atoms with E-state index in [-0.39, 0.29) is 11.1 Å². The number of benzene rings is 2. The van der Waals surface area contributed by atoms with Crippen LogP contribution in [0.1, 0.15) is 39.6 Å². The van der Waals surface area contributed by atoms with Crippen LogP contribution in [-0.4, -0.2) is 25.5 Å². The fourth-order valence-corrected chi connectivity index (χ4v) is 2.21. The standard InChI is InChI=1S/C19H19F3N2O4/c1-3-10-28-15-9-6-13(11-16(15)27-2)18(26)24-23-17(25)12-4-7-14(8-5-12)19(20,21)22/h4-9,11H,3,10H2,1-2H3,(H,23,25)(H,24,26). The smallest absolute Gasteiger partial charge is 0.416 e. The van der Waals surface area contributed by atoms with E-state index in [4.69, 9.17) is 9.47 Å². The zero-order valence-electron chi connectivity index (χ0n) is 15.2. The predicted octanol–water partition coefficient (Wildman–Crippen LogP) is 3.58. The Morgan fingerprint density at radius 3 is 2.04 bits per heavy atom. The van der Waals surface area contributed by atoms with Gasteiger partial charge in [0, 0.05) is 11.1 Å². The van der Waals surface area contributed by atoms with Crippen molar-refractivity contribution >= 4 is 11.8 Å². The lowest BCUT2D eigenvalue weighted by Gasteiger charge is -2.12. The minimum atomic E-state index is -4.49. The molecule has 2 aromatic rings. The second-order valence-corrected chi connectivity index (χ2v) is 5.70. The third-order valence-corrected chi connectivity index (χ3v) is 3.65. The highest BCUT2D eigenvalue weighted by atomic mass is 19.4. The first-order valence-electron chi connectivity index (χ1n) is 8.35. The zero-order chi connectivity index (χ0) is 20.7. The number of hydrogen-bond donors (Lipinski definition) is 2. The average molecular weight is 396 g/mol. The summed E-state index contributed by atoms with van der Waals surface area (Å²) in [6.07, 6.45) is -3.68. The number of methoxy groups -OCH3 is 1. The molecule has 28 heavy (non-hydrogen) atoms. The number of hydrazine groups is 1.